The maximum absolute atomic E-state index is 9.97. The van der Waals surface area contributed by atoms with Gasteiger partial charge in [-0.1, -0.05) is 122 Å². The summed E-state index contributed by atoms with van der Waals surface area (Å²) in [5.74, 6) is 0. The summed E-state index contributed by atoms with van der Waals surface area (Å²) in [4.78, 5) is 72.6. The summed E-state index contributed by atoms with van der Waals surface area (Å²) in [5.41, 5.74) is 2.86. The molecule has 0 bridgehead atoms. The van der Waals surface area contributed by atoms with E-state index < -0.39 is 20.3 Å². The van der Waals surface area contributed by atoms with Crippen LogP contribution in [0.2, 0.25) is 0 Å². The van der Waals surface area contributed by atoms with Crippen molar-refractivity contribution in [3.63, 3.8) is 0 Å². The van der Waals surface area contributed by atoms with Gasteiger partial charge in [-0.2, -0.15) is 0 Å². The number of benzene rings is 3. The molecule has 0 heterocycles. The molecule has 3 radical (unpaired) electrons. The molecule has 0 atom stereocenters. The van der Waals surface area contributed by atoms with Gasteiger partial charge in [0.25, 0.3) is 15.3 Å². The Morgan fingerprint density at radius 3 is 0.982 bits per heavy atom. The van der Waals surface area contributed by atoms with E-state index in [0.29, 0.717) is 0 Å². The topological polar surface area (TPSA) is 460 Å². The second-order valence-electron chi connectivity index (χ2n) is 6.51. The van der Waals surface area contributed by atoms with Crippen LogP contribution in [0, 0.1) is 80.9 Å². The number of hydrogen-bond acceptors (Lipinski definition) is 21. The Morgan fingerprint density at radius 2 is 0.807 bits per heavy atom. The van der Waals surface area contributed by atoms with Gasteiger partial charge in [-0.05, 0) is 11.1 Å². The Labute approximate surface area is 388 Å². The van der Waals surface area contributed by atoms with Gasteiger partial charge < -0.3 is 56.0 Å². The molecule has 0 unspecified atom stereocenters. The molecule has 0 spiro atoms. The minimum absolute atomic E-state index is 0. The third-order valence-corrected chi connectivity index (χ3v) is 3.98. The normalized spacial score (nSPS) is 6.65. The average molecular weight is 1270 g/mol. The third kappa shape index (κ3) is 136. The van der Waals surface area contributed by atoms with Gasteiger partial charge in [-0.3, -0.25) is 10.1 Å². The molecule has 57 heavy (non-hydrogen) atoms. The van der Waals surface area contributed by atoms with Gasteiger partial charge in [0.1, 0.15) is 6.61 Å². The summed E-state index contributed by atoms with van der Waals surface area (Å²) in [7, 11) is 0. The predicted molar refractivity (Wildman–Crippen MR) is 182 cm³/mol. The Morgan fingerprint density at radius 1 is 0.596 bits per heavy atom. The summed E-state index contributed by atoms with van der Waals surface area (Å²) < 4.78 is 8.06. The molecule has 0 saturated heterocycles. The van der Waals surface area contributed by atoms with Crippen LogP contribution >= 0.6 is 15.9 Å². The molecule has 0 aliphatic rings. The van der Waals surface area contributed by atoms with Crippen LogP contribution in [0.1, 0.15) is 31.5 Å². The van der Waals surface area contributed by atoms with E-state index in [-0.39, 0.29) is 100 Å². The molecule has 0 aliphatic heterocycles. The van der Waals surface area contributed by atoms with Crippen molar-refractivity contribution in [2.24, 2.45) is 16.0 Å². The molecular formula is C23H32Ag4BrN8O21-3. The SMILES string of the molecule is BrCc1ccccc1.C.C.O=NO.O=N[O-].O=N[O-].O=[N+]([O-])Cc1ccccc1.O=[N+]([O-])O.O=[N+]([O-])O.O=[N+]([O-])OCc1ccccc1.O=[N+]([O-])[O-].[Ag].[Ag].[Ag].[O]=[Ag]. The van der Waals surface area contributed by atoms with E-state index >= 15 is 0 Å². The number of rotatable bonds is 6. The summed E-state index contributed by atoms with van der Waals surface area (Å²) in [6.07, 6.45) is 0. The summed E-state index contributed by atoms with van der Waals surface area (Å²) in [5, 5.41) is 87.8. The van der Waals surface area contributed by atoms with Crippen LogP contribution in [0.3, 0.4) is 0 Å². The van der Waals surface area contributed by atoms with E-state index in [2.05, 4.69) is 32.9 Å². The number of nitro groups is 1. The number of alkyl halides is 1. The number of halogens is 1. The van der Waals surface area contributed by atoms with Gasteiger partial charge in [-0.25, -0.2) is 0 Å². The Bertz CT molecular complexity index is 1270. The fourth-order valence-corrected chi connectivity index (χ4v) is 2.37. The zero-order valence-electron chi connectivity index (χ0n) is 26.1. The first-order valence-electron chi connectivity index (χ1n) is 11.5. The molecule has 3 N–H and O–H groups in total. The quantitative estimate of drug-likeness (QED) is 0.0802. The van der Waals surface area contributed by atoms with Crippen molar-refractivity contribution >= 4 is 15.9 Å². The van der Waals surface area contributed by atoms with Gasteiger partial charge in [0.15, 0.2) is 5.34 Å². The van der Waals surface area contributed by atoms with Gasteiger partial charge in [0.2, 0.25) is 6.54 Å². The van der Waals surface area contributed by atoms with Gasteiger partial charge in [0, 0.05) is 83.0 Å². The predicted octanol–water partition coefficient (Wildman–Crippen LogP) is 6.29. The zero-order valence-corrected chi connectivity index (χ0v) is 33.6. The summed E-state index contributed by atoms with van der Waals surface area (Å²) in [6.45, 7) is -0.0608. The van der Waals surface area contributed by atoms with E-state index in [0.717, 1.165) is 27.1 Å². The van der Waals surface area contributed by atoms with Gasteiger partial charge >= 0.3 is 24.3 Å². The van der Waals surface area contributed by atoms with Gasteiger partial charge in [0.05, 0.1) is 5.09 Å². The molecule has 0 fully saturated rings. The fourth-order valence-electron chi connectivity index (χ4n) is 2.00. The molecular weight excluding hydrogens is 1240 g/mol. The van der Waals surface area contributed by atoms with Crippen LogP contribution in [0.25, 0.3) is 0 Å². The Hall–Kier alpha value is -4.70. The number of nitrogens with zero attached hydrogens (tertiary/aromatic N) is 8. The Kier molecular flexibility index (Phi) is 113. The first kappa shape index (κ1) is 84.7. The van der Waals surface area contributed by atoms with Crippen LogP contribution in [0.4, 0.5) is 0 Å². The standard InChI is InChI=1S/C7H7Br.C7H7NO3.C7H7NO2.2CH4.4Ag.2HNO3.NO3.3HNO2.O/c8-6-7-4-2-1-3-5-7;9-8(10)11-6-7-4-2-1-3-5-7;9-8(10)6-7-4-2-1-3-5-7;;;;;;;3*2-1(3)4;3*2-1-3;/h1-5H,6H2;1-5H,6H2;1-5H,6H2;2*1H4;;;;;2*(H,2,3,4);;3*(H,2,3);/q;;;;;;;;;;;-1;;;;/p-2. The van der Waals surface area contributed by atoms with Crippen molar-refractivity contribution in [2.45, 2.75) is 33.3 Å². The van der Waals surface area contributed by atoms with Crippen molar-refractivity contribution in [2.75, 3.05) is 0 Å². The second-order valence-corrected chi connectivity index (χ2v) is 7.07. The summed E-state index contributed by atoms with van der Waals surface area (Å²) >= 11 is 5.06. The van der Waals surface area contributed by atoms with Crippen molar-refractivity contribution in [1.82, 2.24) is 0 Å². The van der Waals surface area contributed by atoms with Crippen LogP contribution in [0.15, 0.2) is 107 Å². The molecule has 34 heteroatoms. The molecule has 3 rings (SSSR count). The van der Waals surface area contributed by atoms with Crippen LogP contribution < -0.4 is 0 Å². The van der Waals surface area contributed by atoms with Crippen LogP contribution in [-0.2, 0) is 115 Å². The fraction of sp³-hybridized carbons (Fsp3) is 0.217. The van der Waals surface area contributed by atoms with Gasteiger partial charge in [-0.15, -0.1) is 45.9 Å². The van der Waals surface area contributed by atoms with Crippen molar-refractivity contribution in [3.8, 4) is 0 Å². The first-order chi connectivity index (χ1) is 24.4. The average Bonchev–Trinajstić information content (AvgIpc) is 3.07. The summed E-state index contributed by atoms with van der Waals surface area (Å²) in [6, 6.07) is 28.2. The molecule has 0 aromatic heterocycles. The minimum atomic E-state index is -1.75. The van der Waals surface area contributed by atoms with E-state index in [1.807, 2.05) is 30.3 Å². The monoisotopic (exact) mass is 1260 g/mol. The first-order valence-corrected chi connectivity index (χ1v) is 13.2. The zero-order chi connectivity index (χ0) is 42.2. The van der Waals surface area contributed by atoms with E-state index in [9.17, 15) is 20.2 Å². The molecule has 3 aromatic carbocycles. The maximum atomic E-state index is 9.97. The molecule has 29 nitrogen and oxygen atoms in total. The second kappa shape index (κ2) is 76.1. The van der Waals surface area contributed by atoms with Crippen molar-refractivity contribution in [1.29, 1.82) is 0 Å². The van der Waals surface area contributed by atoms with Crippen LogP contribution in [0.5, 0.6) is 0 Å². The molecule has 344 valence electrons. The number of hydrogen-bond donors (Lipinski definition) is 3. The molecule has 3 aromatic rings. The van der Waals surface area contributed by atoms with Crippen molar-refractivity contribution < 1.29 is 137 Å². The van der Waals surface area contributed by atoms with E-state index in [1.165, 1.54) is 10.9 Å². The third-order valence-electron chi connectivity index (χ3n) is 3.33. The van der Waals surface area contributed by atoms with E-state index in [4.69, 9.17) is 79.6 Å². The molecule has 0 saturated carbocycles. The van der Waals surface area contributed by atoms with Crippen molar-refractivity contribution in [3.05, 3.63) is 189 Å². The Balaban J connectivity index is -0.0000000411. The van der Waals surface area contributed by atoms with E-state index in [1.54, 1.807) is 69.6 Å². The molecule has 0 aliphatic carbocycles. The molecule has 0 amide bonds. The van der Waals surface area contributed by atoms with Crippen LogP contribution in [-0.4, -0.2) is 40.9 Å².